The van der Waals surface area contributed by atoms with E-state index in [1.807, 2.05) is 49.4 Å². The Morgan fingerprint density at radius 1 is 0.724 bits per heavy atom. The van der Waals surface area contributed by atoms with Crippen LogP contribution in [0.4, 0.5) is 0 Å². The molecule has 29 heavy (non-hydrogen) atoms. The van der Waals surface area contributed by atoms with Gasteiger partial charge in [0.1, 0.15) is 19.6 Å². The van der Waals surface area contributed by atoms with Crippen molar-refractivity contribution in [2.24, 2.45) is 0 Å². The fourth-order valence-electron chi connectivity index (χ4n) is 2.74. The molecule has 0 atom stereocenters. The van der Waals surface area contributed by atoms with Crippen LogP contribution in [0.1, 0.15) is 23.6 Å². The van der Waals surface area contributed by atoms with Crippen LogP contribution in [0.15, 0.2) is 67.8 Å². The predicted octanol–water partition coefficient (Wildman–Crippen LogP) is 3.77. The number of hydrogen-bond donors (Lipinski definition) is 3. The Labute approximate surface area is 176 Å². The molecule has 160 valence electrons. The van der Waals surface area contributed by atoms with Crippen molar-refractivity contribution in [1.29, 1.82) is 0 Å². The summed E-state index contributed by atoms with van der Waals surface area (Å²) in [6, 6.07) is 18.3. The van der Waals surface area contributed by atoms with Crippen molar-refractivity contribution in [3.63, 3.8) is 0 Å². The van der Waals surface area contributed by atoms with E-state index in [2.05, 4.69) is 44.3 Å². The standard InChI is InChI=1S/C9H10.C8H20NO3.C8H8/c1-3-9-6-4-8(2)5-7-9;1-2-9(3-6-10,4-7-11)5-8-12;1-2-8-6-4-3-5-7-8/h3-7H,1H2,2H3;10-12H,2-8H2,1H3;2-7H,1H2/q;+1;. The number of benzene rings is 2. The van der Waals surface area contributed by atoms with E-state index in [0.29, 0.717) is 24.1 Å². The Morgan fingerprint density at radius 3 is 1.45 bits per heavy atom. The van der Waals surface area contributed by atoms with Gasteiger partial charge in [-0.2, -0.15) is 0 Å². The van der Waals surface area contributed by atoms with Crippen LogP contribution in [0.25, 0.3) is 12.2 Å². The molecule has 0 aromatic heterocycles. The number of aliphatic hydroxyl groups is 3. The highest BCUT2D eigenvalue weighted by atomic mass is 16.3. The molecule has 2 aromatic rings. The summed E-state index contributed by atoms with van der Waals surface area (Å²) >= 11 is 0. The maximum absolute atomic E-state index is 8.81. The van der Waals surface area contributed by atoms with E-state index >= 15 is 0 Å². The SMILES string of the molecule is C=Cc1ccc(C)cc1.C=Cc1ccccc1.CC[N+](CCO)(CCO)CCO. The van der Waals surface area contributed by atoms with Gasteiger partial charge >= 0.3 is 0 Å². The molecule has 4 nitrogen and oxygen atoms in total. The summed E-state index contributed by atoms with van der Waals surface area (Å²) in [5.74, 6) is 0. The van der Waals surface area contributed by atoms with Crippen LogP contribution in [0.5, 0.6) is 0 Å². The lowest BCUT2D eigenvalue weighted by atomic mass is 10.2. The number of aryl methyl sites for hydroxylation is 1. The first-order chi connectivity index (χ1) is 14.0. The van der Waals surface area contributed by atoms with Crippen molar-refractivity contribution in [1.82, 2.24) is 0 Å². The van der Waals surface area contributed by atoms with E-state index < -0.39 is 0 Å². The Kier molecular flexibility index (Phi) is 15.4. The smallest absolute Gasteiger partial charge is 0.102 e. The van der Waals surface area contributed by atoms with Gasteiger partial charge in [-0.15, -0.1) is 0 Å². The van der Waals surface area contributed by atoms with E-state index in [0.717, 1.165) is 6.54 Å². The van der Waals surface area contributed by atoms with Gasteiger partial charge in [0.25, 0.3) is 0 Å². The number of rotatable bonds is 9. The van der Waals surface area contributed by atoms with Gasteiger partial charge in [-0.05, 0) is 25.0 Å². The minimum Gasteiger partial charge on any atom is -0.391 e. The number of likely N-dealkylation sites (N-methyl/N-ethyl adjacent to an activating group) is 1. The fourth-order valence-corrected chi connectivity index (χ4v) is 2.74. The molecule has 0 amide bonds. The van der Waals surface area contributed by atoms with Crippen molar-refractivity contribution < 1.29 is 19.8 Å². The molecule has 0 radical (unpaired) electrons. The maximum atomic E-state index is 8.81. The molecule has 2 aromatic carbocycles. The van der Waals surface area contributed by atoms with Crippen LogP contribution >= 0.6 is 0 Å². The molecule has 0 heterocycles. The first-order valence-electron chi connectivity index (χ1n) is 10.0. The maximum Gasteiger partial charge on any atom is 0.102 e. The van der Waals surface area contributed by atoms with Crippen molar-refractivity contribution in [2.45, 2.75) is 13.8 Å². The van der Waals surface area contributed by atoms with E-state index in [1.54, 1.807) is 0 Å². The summed E-state index contributed by atoms with van der Waals surface area (Å²) in [6.07, 6.45) is 3.68. The average molecular weight is 401 g/mol. The third-order valence-electron chi connectivity index (χ3n) is 4.74. The highest BCUT2D eigenvalue weighted by molar-refractivity contribution is 5.47. The van der Waals surface area contributed by atoms with Gasteiger partial charge in [-0.1, -0.05) is 85.5 Å². The Bertz CT molecular complexity index is 637. The third kappa shape index (κ3) is 12.0. The van der Waals surface area contributed by atoms with E-state index in [9.17, 15) is 0 Å². The number of nitrogens with zero attached hydrogens (tertiary/aromatic N) is 1. The van der Waals surface area contributed by atoms with Gasteiger partial charge in [-0.3, -0.25) is 0 Å². The molecule has 0 saturated heterocycles. The quantitative estimate of drug-likeness (QED) is 0.562. The monoisotopic (exact) mass is 400 g/mol. The molecule has 0 saturated carbocycles. The van der Waals surface area contributed by atoms with Crippen LogP contribution in [0.2, 0.25) is 0 Å². The van der Waals surface area contributed by atoms with E-state index in [4.69, 9.17) is 15.3 Å². The number of aliphatic hydroxyl groups excluding tert-OH is 3. The van der Waals surface area contributed by atoms with Gasteiger partial charge in [0, 0.05) is 0 Å². The molecule has 0 unspecified atom stereocenters. The molecular weight excluding hydrogens is 362 g/mol. The Morgan fingerprint density at radius 2 is 1.14 bits per heavy atom. The largest absolute Gasteiger partial charge is 0.391 e. The van der Waals surface area contributed by atoms with Crippen molar-refractivity contribution >= 4 is 12.2 Å². The molecule has 0 bridgehead atoms. The second-order valence-electron chi connectivity index (χ2n) is 6.73. The summed E-state index contributed by atoms with van der Waals surface area (Å²) in [5, 5.41) is 26.4. The molecule has 0 fully saturated rings. The molecule has 0 aliphatic rings. The highest BCUT2D eigenvalue weighted by Crippen LogP contribution is 2.04. The molecule has 0 spiro atoms. The molecule has 0 aliphatic heterocycles. The minimum atomic E-state index is 0.105. The summed E-state index contributed by atoms with van der Waals surface area (Å²) < 4.78 is 0.601. The molecule has 2 rings (SSSR count). The van der Waals surface area contributed by atoms with Crippen LogP contribution in [-0.4, -0.2) is 65.8 Å². The average Bonchev–Trinajstić information content (AvgIpc) is 2.76. The summed E-state index contributed by atoms with van der Waals surface area (Å²) in [4.78, 5) is 0. The zero-order valence-corrected chi connectivity index (χ0v) is 18.0. The summed E-state index contributed by atoms with van der Waals surface area (Å²) in [6.45, 7) is 14.3. The van der Waals surface area contributed by atoms with Crippen LogP contribution in [-0.2, 0) is 0 Å². The lowest BCUT2D eigenvalue weighted by Gasteiger charge is -2.36. The first kappa shape index (κ1) is 26.8. The number of hydrogen-bond acceptors (Lipinski definition) is 3. The van der Waals surface area contributed by atoms with Crippen molar-refractivity contribution in [3.05, 3.63) is 84.4 Å². The van der Waals surface area contributed by atoms with Crippen molar-refractivity contribution in [2.75, 3.05) is 46.0 Å². The lowest BCUT2D eigenvalue weighted by molar-refractivity contribution is -0.927. The molecule has 3 N–H and O–H groups in total. The van der Waals surface area contributed by atoms with Gasteiger partial charge in [-0.25, -0.2) is 0 Å². The van der Waals surface area contributed by atoms with Gasteiger partial charge in [0.2, 0.25) is 0 Å². The van der Waals surface area contributed by atoms with E-state index in [-0.39, 0.29) is 19.8 Å². The van der Waals surface area contributed by atoms with Crippen LogP contribution in [0.3, 0.4) is 0 Å². The second kappa shape index (κ2) is 16.7. The molecule has 4 heteroatoms. The molecule has 0 aliphatic carbocycles. The zero-order valence-electron chi connectivity index (χ0n) is 18.0. The predicted molar refractivity (Wildman–Crippen MR) is 124 cm³/mol. The van der Waals surface area contributed by atoms with Crippen LogP contribution in [0, 0.1) is 6.92 Å². The van der Waals surface area contributed by atoms with Crippen LogP contribution < -0.4 is 0 Å². The third-order valence-corrected chi connectivity index (χ3v) is 4.74. The lowest BCUT2D eigenvalue weighted by Crippen LogP contribution is -2.53. The Balaban J connectivity index is 0.000000414. The summed E-state index contributed by atoms with van der Waals surface area (Å²) in [5.41, 5.74) is 3.65. The van der Waals surface area contributed by atoms with Gasteiger partial charge < -0.3 is 19.8 Å². The highest BCUT2D eigenvalue weighted by Gasteiger charge is 2.22. The Hall–Kier alpha value is -2.24. The topological polar surface area (TPSA) is 60.7 Å². The normalized spacial score (nSPS) is 10.1. The first-order valence-corrected chi connectivity index (χ1v) is 10.0. The van der Waals surface area contributed by atoms with E-state index in [1.165, 1.54) is 16.7 Å². The second-order valence-corrected chi connectivity index (χ2v) is 6.73. The van der Waals surface area contributed by atoms with Gasteiger partial charge in [0.15, 0.2) is 0 Å². The minimum absolute atomic E-state index is 0.105. The van der Waals surface area contributed by atoms with Crippen molar-refractivity contribution in [3.8, 4) is 0 Å². The fraction of sp³-hybridized carbons (Fsp3) is 0.360. The summed E-state index contributed by atoms with van der Waals surface area (Å²) in [7, 11) is 0. The molecular formula is C25H38NO3+. The van der Waals surface area contributed by atoms with Gasteiger partial charge in [0.05, 0.1) is 26.4 Å². The number of quaternary nitrogens is 1. The zero-order chi connectivity index (χ0) is 22.0.